The standard InChI is InChI=1S/C18H16FN3O5/c1-12-17(23)20(18(24)21(12)14-8-6-13(19)7-9-14)10-11-27-16-5-3-2-4-15(16)22(25)26/h2-9,12H,10-11H2,1H3/t12-/m0/s1. The fourth-order valence-corrected chi connectivity index (χ4v) is 2.84. The fourth-order valence-electron chi connectivity index (χ4n) is 2.84. The first-order valence-electron chi connectivity index (χ1n) is 8.16. The molecular formula is C18H16FN3O5. The summed E-state index contributed by atoms with van der Waals surface area (Å²) in [4.78, 5) is 37.7. The van der Waals surface area contributed by atoms with Gasteiger partial charge in [-0.25, -0.2) is 9.18 Å². The Morgan fingerprint density at radius 3 is 2.48 bits per heavy atom. The van der Waals surface area contributed by atoms with Crippen LogP contribution in [0.4, 0.5) is 20.6 Å². The Bertz CT molecular complexity index is 887. The molecule has 1 aliphatic heterocycles. The van der Waals surface area contributed by atoms with E-state index in [4.69, 9.17) is 4.74 Å². The van der Waals surface area contributed by atoms with Crippen molar-refractivity contribution in [3.8, 4) is 5.75 Å². The van der Waals surface area contributed by atoms with Crippen LogP contribution in [-0.4, -0.2) is 41.0 Å². The average molecular weight is 373 g/mol. The largest absolute Gasteiger partial charge is 0.485 e. The number of anilines is 1. The lowest BCUT2D eigenvalue weighted by Crippen LogP contribution is -2.36. The van der Waals surface area contributed by atoms with Crippen molar-refractivity contribution in [2.24, 2.45) is 0 Å². The van der Waals surface area contributed by atoms with E-state index in [1.54, 1.807) is 13.0 Å². The van der Waals surface area contributed by atoms with E-state index >= 15 is 0 Å². The van der Waals surface area contributed by atoms with Gasteiger partial charge < -0.3 is 4.74 Å². The Balaban J connectivity index is 1.69. The van der Waals surface area contributed by atoms with Gasteiger partial charge in [-0.05, 0) is 37.3 Å². The van der Waals surface area contributed by atoms with E-state index in [-0.39, 0.29) is 24.6 Å². The van der Waals surface area contributed by atoms with Gasteiger partial charge in [0.05, 0.1) is 11.5 Å². The first-order valence-corrected chi connectivity index (χ1v) is 8.16. The Hall–Kier alpha value is -3.49. The number of carbonyl (C=O) groups excluding carboxylic acids is 2. The summed E-state index contributed by atoms with van der Waals surface area (Å²) >= 11 is 0. The van der Waals surface area contributed by atoms with Crippen molar-refractivity contribution in [3.63, 3.8) is 0 Å². The van der Waals surface area contributed by atoms with Crippen LogP contribution in [0.3, 0.4) is 0 Å². The molecule has 1 fully saturated rings. The maximum Gasteiger partial charge on any atom is 0.332 e. The van der Waals surface area contributed by atoms with Crippen LogP contribution in [0.2, 0.25) is 0 Å². The van der Waals surface area contributed by atoms with Crippen molar-refractivity contribution in [2.45, 2.75) is 13.0 Å². The van der Waals surface area contributed by atoms with Crippen molar-refractivity contribution >= 4 is 23.3 Å². The molecule has 9 heteroatoms. The number of hydrogen-bond acceptors (Lipinski definition) is 5. The molecule has 0 saturated carbocycles. The number of benzene rings is 2. The molecule has 3 rings (SSSR count). The number of nitrogens with zero attached hydrogens (tertiary/aromatic N) is 3. The summed E-state index contributed by atoms with van der Waals surface area (Å²) in [7, 11) is 0. The Kier molecular flexibility index (Phi) is 5.02. The van der Waals surface area contributed by atoms with Gasteiger partial charge in [0.15, 0.2) is 5.75 Å². The SMILES string of the molecule is C[C@H]1C(=O)N(CCOc2ccccc2[N+](=O)[O-])C(=O)N1c1ccc(F)cc1. The molecule has 0 spiro atoms. The predicted octanol–water partition coefficient (Wildman–Crippen LogP) is 2.97. The van der Waals surface area contributed by atoms with Crippen molar-refractivity contribution in [3.05, 3.63) is 64.5 Å². The monoisotopic (exact) mass is 373 g/mol. The van der Waals surface area contributed by atoms with Crippen LogP contribution >= 0.6 is 0 Å². The second kappa shape index (κ2) is 7.40. The molecule has 0 N–H and O–H groups in total. The molecule has 140 valence electrons. The highest BCUT2D eigenvalue weighted by atomic mass is 19.1. The van der Waals surface area contributed by atoms with E-state index in [9.17, 15) is 24.1 Å². The van der Waals surface area contributed by atoms with Crippen LogP contribution in [0.1, 0.15) is 6.92 Å². The minimum atomic E-state index is -0.742. The third-order valence-corrected chi connectivity index (χ3v) is 4.19. The lowest BCUT2D eigenvalue weighted by atomic mass is 10.2. The number of urea groups is 1. The van der Waals surface area contributed by atoms with Gasteiger partial charge in [-0.2, -0.15) is 0 Å². The van der Waals surface area contributed by atoms with Gasteiger partial charge in [-0.1, -0.05) is 12.1 Å². The number of amides is 3. The molecule has 3 amide bonds. The minimum Gasteiger partial charge on any atom is -0.485 e. The van der Waals surface area contributed by atoms with Crippen molar-refractivity contribution in [2.75, 3.05) is 18.1 Å². The number of nitro benzene ring substituents is 1. The van der Waals surface area contributed by atoms with E-state index in [1.165, 1.54) is 47.4 Å². The first kappa shape index (κ1) is 18.3. The molecule has 0 aliphatic carbocycles. The van der Waals surface area contributed by atoms with Crippen molar-refractivity contribution < 1.29 is 23.6 Å². The molecule has 1 aliphatic rings. The van der Waals surface area contributed by atoms with E-state index in [0.717, 1.165) is 4.90 Å². The minimum absolute atomic E-state index is 0.0602. The smallest absolute Gasteiger partial charge is 0.332 e. The summed E-state index contributed by atoms with van der Waals surface area (Å²) in [5.74, 6) is -0.806. The Morgan fingerprint density at radius 1 is 1.15 bits per heavy atom. The van der Waals surface area contributed by atoms with Crippen LogP contribution in [0, 0.1) is 15.9 Å². The zero-order chi connectivity index (χ0) is 19.6. The maximum atomic E-state index is 13.1. The van der Waals surface area contributed by atoms with Gasteiger partial charge in [0.2, 0.25) is 0 Å². The molecule has 1 saturated heterocycles. The highest BCUT2D eigenvalue weighted by Gasteiger charge is 2.43. The summed E-state index contributed by atoms with van der Waals surface area (Å²) in [6.07, 6.45) is 0. The molecule has 0 unspecified atom stereocenters. The van der Waals surface area contributed by atoms with E-state index in [2.05, 4.69) is 0 Å². The highest BCUT2D eigenvalue weighted by Crippen LogP contribution is 2.27. The Labute approximate surface area is 153 Å². The van der Waals surface area contributed by atoms with Gasteiger partial charge in [0, 0.05) is 11.8 Å². The predicted molar refractivity (Wildman–Crippen MR) is 94.0 cm³/mol. The first-order chi connectivity index (χ1) is 12.9. The lowest BCUT2D eigenvalue weighted by Gasteiger charge is -2.19. The molecule has 1 heterocycles. The molecule has 1 atom stereocenters. The Morgan fingerprint density at radius 2 is 1.81 bits per heavy atom. The number of halogens is 1. The number of carbonyl (C=O) groups is 2. The number of imide groups is 1. The summed E-state index contributed by atoms with van der Waals surface area (Å²) in [5.41, 5.74) is 0.210. The van der Waals surface area contributed by atoms with Crippen LogP contribution in [0.15, 0.2) is 48.5 Å². The molecule has 0 bridgehead atoms. The topological polar surface area (TPSA) is 93.0 Å². The van der Waals surface area contributed by atoms with Crippen LogP contribution in [-0.2, 0) is 4.79 Å². The zero-order valence-electron chi connectivity index (χ0n) is 14.4. The zero-order valence-corrected chi connectivity index (χ0v) is 14.4. The number of ether oxygens (including phenoxy) is 1. The van der Waals surface area contributed by atoms with Crippen molar-refractivity contribution in [1.82, 2.24) is 4.90 Å². The van der Waals surface area contributed by atoms with E-state index < -0.39 is 28.7 Å². The highest BCUT2D eigenvalue weighted by molar-refractivity contribution is 6.14. The fraction of sp³-hybridized carbons (Fsp3) is 0.222. The van der Waals surface area contributed by atoms with Crippen LogP contribution < -0.4 is 9.64 Å². The number of hydrogen-bond donors (Lipinski definition) is 0. The van der Waals surface area contributed by atoms with Gasteiger partial charge >= 0.3 is 11.7 Å². The van der Waals surface area contributed by atoms with Crippen molar-refractivity contribution in [1.29, 1.82) is 0 Å². The summed E-state index contributed by atoms with van der Waals surface area (Å²) < 4.78 is 18.5. The number of para-hydroxylation sites is 2. The van der Waals surface area contributed by atoms with E-state index in [0.29, 0.717) is 5.69 Å². The molecule has 27 heavy (non-hydrogen) atoms. The molecule has 0 aromatic heterocycles. The normalized spacial score (nSPS) is 16.7. The molecular weight excluding hydrogens is 357 g/mol. The summed E-state index contributed by atoms with van der Waals surface area (Å²) in [6, 6.07) is 9.82. The second-order valence-corrected chi connectivity index (χ2v) is 5.87. The van der Waals surface area contributed by atoms with Gasteiger partial charge in [0.25, 0.3) is 5.91 Å². The quantitative estimate of drug-likeness (QED) is 0.441. The maximum absolute atomic E-state index is 13.1. The van der Waals surface area contributed by atoms with Gasteiger partial charge in [-0.3, -0.25) is 24.7 Å². The van der Waals surface area contributed by atoms with Crippen LogP contribution in [0.5, 0.6) is 5.75 Å². The third kappa shape index (κ3) is 3.57. The molecule has 8 nitrogen and oxygen atoms in total. The summed E-state index contributed by atoms with van der Waals surface area (Å²) in [5, 5.41) is 11.0. The van der Waals surface area contributed by atoms with Gasteiger partial charge in [0.1, 0.15) is 18.5 Å². The summed E-state index contributed by atoms with van der Waals surface area (Å²) in [6.45, 7) is 1.42. The lowest BCUT2D eigenvalue weighted by molar-refractivity contribution is -0.385. The second-order valence-electron chi connectivity index (χ2n) is 5.87. The average Bonchev–Trinajstić information content (AvgIpc) is 2.86. The molecule has 0 radical (unpaired) electrons. The number of nitro groups is 1. The van der Waals surface area contributed by atoms with Crippen LogP contribution in [0.25, 0.3) is 0 Å². The van der Waals surface area contributed by atoms with Gasteiger partial charge in [-0.15, -0.1) is 0 Å². The molecule has 2 aromatic carbocycles. The van der Waals surface area contributed by atoms with E-state index in [1.807, 2.05) is 0 Å². The third-order valence-electron chi connectivity index (χ3n) is 4.19. The number of rotatable bonds is 6. The molecule has 2 aromatic rings.